The Morgan fingerprint density at radius 3 is 2.33 bits per heavy atom. The molecular formula is C12H12F3N3O2S. The second kappa shape index (κ2) is 5.49. The molecule has 0 saturated heterocycles. The molecule has 0 aliphatic rings. The van der Waals surface area contributed by atoms with E-state index >= 15 is 0 Å². The molecule has 0 fully saturated rings. The third-order valence-electron chi connectivity index (χ3n) is 2.82. The maximum Gasteiger partial charge on any atom is 0.501 e. The molecule has 2 aromatic rings. The number of nitrogens with zero attached hydrogens (tertiary/aromatic N) is 2. The van der Waals surface area contributed by atoms with Crippen molar-refractivity contribution in [3.05, 3.63) is 42.5 Å². The van der Waals surface area contributed by atoms with Gasteiger partial charge in [-0.15, -0.1) is 0 Å². The third kappa shape index (κ3) is 2.93. The second-order valence-corrected chi connectivity index (χ2v) is 6.14. The number of hydrogen-bond donors (Lipinski definition) is 1. The lowest BCUT2D eigenvalue weighted by Gasteiger charge is -2.10. The standard InChI is InChI=1S/C12H12F3N3O2S/c13-12(14,15)21(19,20)10-3-1-9(2-4-10)18-8-7-17-11(18)5-6-16/h1-4,7-8H,5-6,16H2. The number of hydrogen-bond acceptors (Lipinski definition) is 4. The summed E-state index contributed by atoms with van der Waals surface area (Å²) in [7, 11) is -5.33. The van der Waals surface area contributed by atoms with Gasteiger partial charge in [0.2, 0.25) is 0 Å². The van der Waals surface area contributed by atoms with Crippen LogP contribution in [0, 0.1) is 0 Å². The predicted molar refractivity (Wildman–Crippen MR) is 69.6 cm³/mol. The van der Waals surface area contributed by atoms with Gasteiger partial charge >= 0.3 is 5.51 Å². The Kier molecular flexibility index (Phi) is 4.06. The van der Waals surface area contributed by atoms with Crippen LogP contribution in [0.4, 0.5) is 13.2 Å². The van der Waals surface area contributed by atoms with Gasteiger partial charge in [-0.3, -0.25) is 0 Å². The largest absolute Gasteiger partial charge is 0.501 e. The molecule has 2 N–H and O–H groups in total. The zero-order chi connectivity index (χ0) is 15.7. The van der Waals surface area contributed by atoms with Crippen molar-refractivity contribution in [3.63, 3.8) is 0 Å². The Labute approximate surface area is 119 Å². The maximum atomic E-state index is 12.4. The van der Waals surface area contributed by atoms with E-state index in [0.29, 0.717) is 24.5 Å². The van der Waals surface area contributed by atoms with Crippen molar-refractivity contribution < 1.29 is 21.6 Å². The van der Waals surface area contributed by atoms with E-state index in [2.05, 4.69) is 4.98 Å². The quantitative estimate of drug-likeness (QED) is 0.930. The van der Waals surface area contributed by atoms with Crippen LogP contribution in [0.2, 0.25) is 0 Å². The number of alkyl halides is 3. The highest BCUT2D eigenvalue weighted by Gasteiger charge is 2.46. The minimum absolute atomic E-state index is 0.373. The first kappa shape index (κ1) is 15.5. The Balaban J connectivity index is 2.38. The molecule has 0 radical (unpaired) electrons. The summed E-state index contributed by atoms with van der Waals surface area (Å²) < 4.78 is 61.5. The minimum atomic E-state index is -5.33. The first-order chi connectivity index (χ1) is 9.77. The van der Waals surface area contributed by atoms with Crippen molar-refractivity contribution in [3.8, 4) is 5.69 Å². The average Bonchev–Trinajstić information content (AvgIpc) is 2.86. The molecule has 1 aromatic carbocycles. The fraction of sp³-hybridized carbons (Fsp3) is 0.250. The fourth-order valence-corrected chi connectivity index (χ4v) is 2.56. The molecule has 0 bridgehead atoms. The Bertz CT molecular complexity index is 721. The van der Waals surface area contributed by atoms with Gasteiger partial charge in [0, 0.05) is 24.5 Å². The maximum absolute atomic E-state index is 12.4. The molecule has 0 unspecified atom stereocenters. The molecule has 114 valence electrons. The number of imidazole rings is 1. The molecule has 0 spiro atoms. The van der Waals surface area contributed by atoms with Crippen molar-refractivity contribution in [1.82, 2.24) is 9.55 Å². The smallest absolute Gasteiger partial charge is 0.330 e. The second-order valence-electron chi connectivity index (χ2n) is 4.20. The fourth-order valence-electron chi connectivity index (χ4n) is 1.80. The van der Waals surface area contributed by atoms with Gasteiger partial charge in [-0.1, -0.05) is 0 Å². The first-order valence-corrected chi connectivity index (χ1v) is 7.40. The van der Waals surface area contributed by atoms with E-state index < -0.39 is 20.2 Å². The van der Waals surface area contributed by atoms with Gasteiger partial charge < -0.3 is 10.3 Å². The van der Waals surface area contributed by atoms with Gasteiger partial charge in [0.15, 0.2) is 0 Å². The van der Waals surface area contributed by atoms with Gasteiger partial charge in [0.25, 0.3) is 9.84 Å². The summed E-state index contributed by atoms with van der Waals surface area (Å²) in [5, 5.41) is 0. The van der Waals surface area contributed by atoms with Crippen molar-refractivity contribution in [1.29, 1.82) is 0 Å². The molecule has 0 aliphatic carbocycles. The van der Waals surface area contributed by atoms with Crippen LogP contribution in [0.1, 0.15) is 5.82 Å². The number of nitrogens with two attached hydrogens (primary N) is 1. The zero-order valence-electron chi connectivity index (χ0n) is 10.7. The molecule has 1 heterocycles. The molecule has 0 aliphatic heterocycles. The molecule has 9 heteroatoms. The topological polar surface area (TPSA) is 78.0 Å². The van der Waals surface area contributed by atoms with Crippen molar-refractivity contribution in [2.75, 3.05) is 6.54 Å². The highest BCUT2D eigenvalue weighted by molar-refractivity contribution is 7.92. The normalized spacial score (nSPS) is 12.6. The molecule has 1 aromatic heterocycles. The number of benzene rings is 1. The van der Waals surface area contributed by atoms with Gasteiger partial charge in [0.05, 0.1) is 4.90 Å². The monoisotopic (exact) mass is 319 g/mol. The van der Waals surface area contributed by atoms with Crippen LogP contribution in [0.3, 0.4) is 0 Å². The van der Waals surface area contributed by atoms with E-state index in [4.69, 9.17) is 5.73 Å². The average molecular weight is 319 g/mol. The summed E-state index contributed by atoms with van der Waals surface area (Å²) in [4.78, 5) is 3.29. The minimum Gasteiger partial charge on any atom is -0.330 e. The summed E-state index contributed by atoms with van der Waals surface area (Å²) in [6.07, 6.45) is 3.65. The number of sulfone groups is 1. The first-order valence-electron chi connectivity index (χ1n) is 5.91. The van der Waals surface area contributed by atoms with Gasteiger partial charge in [0.1, 0.15) is 5.82 Å². The van der Waals surface area contributed by atoms with Gasteiger partial charge in [-0.25, -0.2) is 13.4 Å². The van der Waals surface area contributed by atoms with Crippen LogP contribution in [0.25, 0.3) is 5.69 Å². The molecule has 0 atom stereocenters. The van der Waals surface area contributed by atoms with Crippen LogP contribution in [0.15, 0.2) is 41.6 Å². The van der Waals surface area contributed by atoms with Crippen LogP contribution >= 0.6 is 0 Å². The van der Waals surface area contributed by atoms with Crippen LogP contribution in [-0.4, -0.2) is 30.0 Å². The van der Waals surface area contributed by atoms with Crippen molar-refractivity contribution in [2.45, 2.75) is 16.8 Å². The molecular weight excluding hydrogens is 307 g/mol. The molecule has 0 amide bonds. The molecule has 0 saturated carbocycles. The number of aromatic nitrogens is 2. The Morgan fingerprint density at radius 2 is 1.81 bits per heavy atom. The molecule has 2 rings (SSSR count). The van der Waals surface area contributed by atoms with E-state index in [9.17, 15) is 21.6 Å². The van der Waals surface area contributed by atoms with Crippen LogP contribution in [0.5, 0.6) is 0 Å². The van der Waals surface area contributed by atoms with Gasteiger partial charge in [-0.2, -0.15) is 13.2 Å². The Hall–Kier alpha value is -1.87. The van der Waals surface area contributed by atoms with E-state index in [1.165, 1.54) is 18.3 Å². The summed E-state index contributed by atoms with van der Waals surface area (Å²) in [6.45, 7) is 0.373. The SMILES string of the molecule is NCCc1nccn1-c1ccc(S(=O)(=O)C(F)(F)F)cc1. The lowest BCUT2D eigenvalue weighted by molar-refractivity contribution is -0.0436. The highest BCUT2D eigenvalue weighted by Crippen LogP contribution is 2.30. The summed E-state index contributed by atoms with van der Waals surface area (Å²) in [6, 6.07) is 4.43. The van der Waals surface area contributed by atoms with E-state index in [0.717, 1.165) is 12.1 Å². The molecule has 5 nitrogen and oxygen atoms in total. The summed E-state index contributed by atoms with van der Waals surface area (Å²) >= 11 is 0. The highest BCUT2D eigenvalue weighted by atomic mass is 32.2. The Morgan fingerprint density at radius 1 is 1.19 bits per heavy atom. The lowest BCUT2D eigenvalue weighted by Crippen LogP contribution is -2.23. The summed E-state index contributed by atoms with van der Waals surface area (Å²) in [5.41, 5.74) is 0.638. The van der Waals surface area contributed by atoms with Gasteiger partial charge in [-0.05, 0) is 30.8 Å². The van der Waals surface area contributed by atoms with Crippen LogP contribution < -0.4 is 5.73 Å². The number of rotatable bonds is 4. The van der Waals surface area contributed by atoms with Crippen molar-refractivity contribution in [2.24, 2.45) is 5.73 Å². The van der Waals surface area contributed by atoms with Crippen LogP contribution in [-0.2, 0) is 16.3 Å². The number of halogens is 3. The van der Waals surface area contributed by atoms with E-state index in [-0.39, 0.29) is 0 Å². The lowest BCUT2D eigenvalue weighted by atomic mass is 10.3. The van der Waals surface area contributed by atoms with E-state index in [1.54, 1.807) is 10.8 Å². The van der Waals surface area contributed by atoms with Crippen molar-refractivity contribution >= 4 is 9.84 Å². The zero-order valence-corrected chi connectivity index (χ0v) is 11.5. The van der Waals surface area contributed by atoms with E-state index in [1.807, 2.05) is 0 Å². The predicted octanol–water partition coefficient (Wildman–Crippen LogP) is 1.67. The third-order valence-corrected chi connectivity index (χ3v) is 4.32. The summed E-state index contributed by atoms with van der Waals surface area (Å²) in [5.74, 6) is 0.643. The molecule has 21 heavy (non-hydrogen) atoms.